The number of hydrogen-bond donors (Lipinski definition) is 1. The molecule has 2 rings (SSSR count). The SMILES string of the molecule is C1CO1.O=Cc1ccc(O)cc1. The first-order valence-corrected chi connectivity index (χ1v) is 3.65. The molecule has 64 valence electrons. The maximum atomic E-state index is 10.0. The normalized spacial score (nSPS) is 12.7. The maximum absolute atomic E-state index is 10.0. The zero-order chi connectivity index (χ0) is 8.81. The number of phenolic OH excluding ortho intramolecular Hbond substituents is 1. The van der Waals surface area contributed by atoms with E-state index in [1.54, 1.807) is 12.1 Å². The summed E-state index contributed by atoms with van der Waals surface area (Å²) in [6.07, 6.45) is 0.736. The van der Waals surface area contributed by atoms with E-state index in [0.717, 1.165) is 19.5 Å². The Kier molecular flexibility index (Phi) is 3.29. The number of epoxide rings is 1. The molecule has 0 radical (unpaired) electrons. The number of phenols is 1. The van der Waals surface area contributed by atoms with Crippen molar-refractivity contribution in [2.75, 3.05) is 13.2 Å². The van der Waals surface area contributed by atoms with Crippen LogP contribution in [0, 0.1) is 0 Å². The van der Waals surface area contributed by atoms with Crippen molar-refractivity contribution in [3.05, 3.63) is 29.8 Å². The second-order valence-corrected chi connectivity index (χ2v) is 2.32. The van der Waals surface area contributed by atoms with Gasteiger partial charge in [-0.2, -0.15) is 0 Å². The van der Waals surface area contributed by atoms with Crippen molar-refractivity contribution in [3.63, 3.8) is 0 Å². The van der Waals surface area contributed by atoms with Gasteiger partial charge in [0.15, 0.2) is 0 Å². The molecular formula is C9H10O3. The Morgan fingerprint density at radius 1 is 1.25 bits per heavy atom. The quantitative estimate of drug-likeness (QED) is 0.504. The number of benzene rings is 1. The first kappa shape index (κ1) is 8.74. The fourth-order valence-corrected chi connectivity index (χ4v) is 0.553. The summed E-state index contributed by atoms with van der Waals surface area (Å²) in [5.41, 5.74) is 0.577. The average molecular weight is 166 g/mol. The largest absolute Gasteiger partial charge is 0.508 e. The highest BCUT2D eigenvalue weighted by molar-refractivity contribution is 5.74. The Labute approximate surface area is 70.6 Å². The monoisotopic (exact) mass is 166 g/mol. The molecule has 0 unspecified atom stereocenters. The molecule has 1 aliphatic rings. The van der Waals surface area contributed by atoms with E-state index in [2.05, 4.69) is 4.74 Å². The molecule has 3 heteroatoms. The minimum Gasteiger partial charge on any atom is -0.508 e. The van der Waals surface area contributed by atoms with E-state index < -0.39 is 0 Å². The van der Waals surface area contributed by atoms with E-state index in [0.29, 0.717) is 5.56 Å². The van der Waals surface area contributed by atoms with E-state index in [4.69, 9.17) is 5.11 Å². The standard InChI is InChI=1S/C7H6O2.C2H4O/c8-5-6-1-3-7(9)4-2-6;1-2-3-1/h1-5,9H;1-2H2. The van der Waals surface area contributed by atoms with E-state index in [9.17, 15) is 4.79 Å². The van der Waals surface area contributed by atoms with Crippen LogP contribution in [0.2, 0.25) is 0 Å². The average Bonchev–Trinajstić information content (AvgIpc) is 2.92. The third-order valence-electron chi connectivity index (χ3n) is 1.23. The lowest BCUT2D eigenvalue weighted by Crippen LogP contribution is -1.74. The van der Waals surface area contributed by atoms with Crippen LogP contribution >= 0.6 is 0 Å². The molecule has 0 atom stereocenters. The zero-order valence-corrected chi connectivity index (χ0v) is 6.56. The third-order valence-corrected chi connectivity index (χ3v) is 1.23. The molecule has 1 fully saturated rings. The molecular weight excluding hydrogens is 156 g/mol. The van der Waals surface area contributed by atoms with Gasteiger partial charge in [0, 0.05) is 5.56 Å². The minimum absolute atomic E-state index is 0.181. The summed E-state index contributed by atoms with van der Waals surface area (Å²) >= 11 is 0. The Morgan fingerprint density at radius 3 is 2.08 bits per heavy atom. The van der Waals surface area contributed by atoms with Crippen LogP contribution in [-0.4, -0.2) is 24.6 Å². The first-order chi connectivity index (χ1) is 5.83. The minimum atomic E-state index is 0.181. The van der Waals surface area contributed by atoms with Gasteiger partial charge in [0.05, 0.1) is 13.2 Å². The molecule has 3 nitrogen and oxygen atoms in total. The van der Waals surface area contributed by atoms with Gasteiger partial charge < -0.3 is 9.84 Å². The highest BCUT2D eigenvalue weighted by Gasteiger charge is 1.94. The second-order valence-electron chi connectivity index (χ2n) is 2.32. The summed E-state index contributed by atoms with van der Waals surface area (Å²) in [7, 11) is 0. The van der Waals surface area contributed by atoms with Crippen LogP contribution < -0.4 is 0 Å². The summed E-state index contributed by atoms with van der Waals surface area (Å²) in [6, 6.07) is 6.07. The van der Waals surface area contributed by atoms with Crippen molar-refractivity contribution < 1.29 is 14.6 Å². The van der Waals surface area contributed by atoms with Gasteiger partial charge >= 0.3 is 0 Å². The summed E-state index contributed by atoms with van der Waals surface area (Å²) in [6.45, 7) is 2.00. The first-order valence-electron chi connectivity index (χ1n) is 3.65. The van der Waals surface area contributed by atoms with Gasteiger partial charge in [-0.3, -0.25) is 4.79 Å². The summed E-state index contributed by atoms with van der Waals surface area (Å²) in [5.74, 6) is 0.181. The van der Waals surface area contributed by atoms with Crippen LogP contribution in [-0.2, 0) is 4.74 Å². The van der Waals surface area contributed by atoms with Crippen molar-refractivity contribution in [1.29, 1.82) is 0 Å². The predicted octanol–water partition coefficient (Wildman–Crippen LogP) is 1.22. The number of hydrogen-bond acceptors (Lipinski definition) is 3. The molecule has 1 saturated heterocycles. The topological polar surface area (TPSA) is 49.8 Å². The Hall–Kier alpha value is -1.35. The summed E-state index contributed by atoms with van der Waals surface area (Å²) in [4.78, 5) is 10.0. The zero-order valence-electron chi connectivity index (χ0n) is 6.56. The molecule has 0 aliphatic carbocycles. The van der Waals surface area contributed by atoms with Crippen molar-refractivity contribution in [2.45, 2.75) is 0 Å². The van der Waals surface area contributed by atoms with Crippen LogP contribution in [0.25, 0.3) is 0 Å². The van der Waals surface area contributed by atoms with E-state index in [1.807, 2.05) is 0 Å². The summed E-state index contributed by atoms with van der Waals surface area (Å²) in [5, 5.41) is 8.74. The Bertz CT molecular complexity index is 236. The van der Waals surface area contributed by atoms with Crippen molar-refractivity contribution >= 4 is 6.29 Å². The number of aromatic hydroxyl groups is 1. The van der Waals surface area contributed by atoms with Gasteiger partial charge in [-0.1, -0.05) is 0 Å². The summed E-state index contributed by atoms with van der Waals surface area (Å²) < 4.78 is 4.50. The van der Waals surface area contributed by atoms with Crippen LogP contribution in [0.5, 0.6) is 5.75 Å². The third kappa shape index (κ3) is 3.73. The van der Waals surface area contributed by atoms with Crippen LogP contribution in [0.4, 0.5) is 0 Å². The van der Waals surface area contributed by atoms with Crippen molar-refractivity contribution in [1.82, 2.24) is 0 Å². The molecule has 1 aliphatic heterocycles. The Morgan fingerprint density at radius 2 is 1.75 bits per heavy atom. The van der Waals surface area contributed by atoms with E-state index in [1.165, 1.54) is 12.1 Å². The number of aldehydes is 1. The van der Waals surface area contributed by atoms with Crippen LogP contribution in [0.3, 0.4) is 0 Å². The van der Waals surface area contributed by atoms with Gasteiger partial charge in [0.1, 0.15) is 12.0 Å². The molecule has 0 spiro atoms. The van der Waals surface area contributed by atoms with Gasteiger partial charge in [0.2, 0.25) is 0 Å². The van der Waals surface area contributed by atoms with Gasteiger partial charge in [-0.15, -0.1) is 0 Å². The van der Waals surface area contributed by atoms with Gasteiger partial charge in [-0.05, 0) is 24.3 Å². The molecule has 0 saturated carbocycles. The Balaban J connectivity index is 0.000000200. The van der Waals surface area contributed by atoms with Gasteiger partial charge in [0.25, 0.3) is 0 Å². The van der Waals surface area contributed by atoms with E-state index in [-0.39, 0.29) is 5.75 Å². The highest BCUT2D eigenvalue weighted by Crippen LogP contribution is 2.07. The number of carbonyl (C=O) groups is 1. The smallest absolute Gasteiger partial charge is 0.150 e. The maximum Gasteiger partial charge on any atom is 0.150 e. The highest BCUT2D eigenvalue weighted by atomic mass is 16.6. The fourth-order valence-electron chi connectivity index (χ4n) is 0.553. The molecule has 0 aromatic heterocycles. The predicted molar refractivity (Wildman–Crippen MR) is 44.3 cm³/mol. The van der Waals surface area contributed by atoms with Crippen molar-refractivity contribution in [2.24, 2.45) is 0 Å². The fraction of sp³-hybridized carbons (Fsp3) is 0.222. The molecule has 0 amide bonds. The number of ether oxygens (including phenoxy) is 1. The molecule has 12 heavy (non-hydrogen) atoms. The second kappa shape index (κ2) is 4.51. The molecule has 1 aromatic carbocycles. The lowest BCUT2D eigenvalue weighted by molar-refractivity contribution is 0.112. The van der Waals surface area contributed by atoms with E-state index >= 15 is 0 Å². The molecule has 1 N–H and O–H groups in total. The lowest BCUT2D eigenvalue weighted by Gasteiger charge is -1.88. The van der Waals surface area contributed by atoms with Crippen LogP contribution in [0.15, 0.2) is 24.3 Å². The lowest BCUT2D eigenvalue weighted by atomic mass is 10.2. The van der Waals surface area contributed by atoms with Crippen LogP contribution in [0.1, 0.15) is 10.4 Å². The van der Waals surface area contributed by atoms with Crippen molar-refractivity contribution in [3.8, 4) is 5.75 Å². The number of carbonyl (C=O) groups excluding carboxylic acids is 1. The molecule has 1 heterocycles. The number of rotatable bonds is 1. The molecule has 1 aromatic rings. The van der Waals surface area contributed by atoms with Gasteiger partial charge in [-0.25, -0.2) is 0 Å². The molecule has 0 bridgehead atoms.